The van der Waals surface area contributed by atoms with Crippen LogP contribution in [0.25, 0.3) is 0 Å². The number of carbonyl (C=O) groups excluding carboxylic acids is 8. The minimum atomic E-state index is -1.66. The minimum Gasteiger partial charge on any atom is -0.508 e. The van der Waals surface area contributed by atoms with E-state index in [4.69, 9.17) is 0 Å². The van der Waals surface area contributed by atoms with Crippen LogP contribution in [0.4, 0.5) is 0 Å². The molecule has 5 amide bonds. The number of nitrogens with one attached hydrogen (secondary N) is 5. The lowest BCUT2D eigenvalue weighted by molar-refractivity contribution is -0.142. The van der Waals surface area contributed by atoms with Crippen LogP contribution in [0.2, 0.25) is 0 Å². The van der Waals surface area contributed by atoms with Crippen LogP contribution in [0, 0.1) is 29.6 Å². The quantitative estimate of drug-likeness (QED) is 0.0396. The number of hydrogen-bond acceptors (Lipinski definition) is 13. The summed E-state index contributed by atoms with van der Waals surface area (Å²) < 4.78 is 0. The van der Waals surface area contributed by atoms with Crippen LogP contribution in [-0.4, -0.2) is 128 Å². The fourth-order valence-corrected chi connectivity index (χ4v) is 8.73. The van der Waals surface area contributed by atoms with E-state index in [0.29, 0.717) is 12.0 Å². The number of carboxylic acid groups (broad SMARTS) is 1. The van der Waals surface area contributed by atoms with E-state index in [0.717, 1.165) is 19.3 Å². The Kier molecular flexibility index (Phi) is 33.0. The van der Waals surface area contributed by atoms with E-state index in [1.807, 2.05) is 13.8 Å². The van der Waals surface area contributed by atoms with Crippen LogP contribution < -0.4 is 26.6 Å². The van der Waals surface area contributed by atoms with Gasteiger partial charge in [-0.15, -0.1) is 0 Å². The van der Waals surface area contributed by atoms with Crippen LogP contribution in [0.1, 0.15) is 176 Å². The second-order valence-corrected chi connectivity index (χ2v) is 20.8. The molecule has 10 N–H and O–H groups in total. The molecule has 9 atom stereocenters. The van der Waals surface area contributed by atoms with Crippen molar-refractivity contribution < 1.29 is 68.7 Å². The fraction of sp³-hybridized carbons (Fsp3) is 0.727. The van der Waals surface area contributed by atoms with Crippen molar-refractivity contribution >= 4 is 52.9 Å². The van der Waals surface area contributed by atoms with E-state index in [9.17, 15) is 68.7 Å². The van der Waals surface area contributed by atoms with Crippen LogP contribution in [0.15, 0.2) is 24.3 Å². The first kappa shape index (κ1) is 66.7. The van der Waals surface area contributed by atoms with Gasteiger partial charge in [0.1, 0.15) is 17.8 Å². The highest BCUT2D eigenvalue weighted by molar-refractivity contribution is 5.98. The predicted molar refractivity (Wildman–Crippen MR) is 280 cm³/mol. The molecule has 0 saturated carbocycles. The van der Waals surface area contributed by atoms with Crippen molar-refractivity contribution in [3.63, 3.8) is 0 Å². The number of ketones is 3. The maximum Gasteiger partial charge on any atom is 0.304 e. The van der Waals surface area contributed by atoms with Crippen molar-refractivity contribution in [1.82, 2.24) is 26.6 Å². The molecule has 19 nitrogen and oxygen atoms in total. The van der Waals surface area contributed by atoms with Gasteiger partial charge in [0.2, 0.25) is 29.5 Å². The molecule has 0 bridgehead atoms. The number of hydrogen-bond donors (Lipinski definition) is 10. The number of rotatable bonds is 41. The molecule has 1 aromatic rings. The second-order valence-electron chi connectivity index (χ2n) is 20.8. The van der Waals surface area contributed by atoms with Gasteiger partial charge in [0.15, 0.2) is 17.3 Å². The lowest BCUT2D eigenvalue weighted by atomic mass is 9.88. The Balaban J connectivity index is 3.16. The van der Waals surface area contributed by atoms with E-state index in [1.165, 1.54) is 103 Å². The van der Waals surface area contributed by atoms with Gasteiger partial charge in [-0.1, -0.05) is 124 Å². The average Bonchev–Trinajstić information content (AvgIpc) is 3.33. The molecule has 420 valence electrons. The monoisotopic (exact) mass is 1050 g/mol. The Morgan fingerprint density at radius 1 is 0.541 bits per heavy atom. The third-order valence-electron chi connectivity index (χ3n) is 13.3. The summed E-state index contributed by atoms with van der Waals surface area (Å²) in [7, 11) is 1.25. The first-order chi connectivity index (χ1) is 34.9. The Bertz CT molecular complexity index is 1910. The van der Waals surface area contributed by atoms with Gasteiger partial charge >= 0.3 is 5.97 Å². The Labute approximate surface area is 438 Å². The number of carboxylic acids is 1. The minimum absolute atomic E-state index is 0.0904. The lowest BCUT2D eigenvalue weighted by Gasteiger charge is -2.28. The maximum atomic E-state index is 14.1. The summed E-state index contributed by atoms with van der Waals surface area (Å²) in [6, 6.07) is 0.479. The van der Waals surface area contributed by atoms with Gasteiger partial charge in [-0.25, -0.2) is 0 Å². The molecule has 0 aromatic heterocycles. The van der Waals surface area contributed by atoms with Crippen LogP contribution in [0.3, 0.4) is 0 Å². The molecule has 0 aliphatic carbocycles. The van der Waals surface area contributed by atoms with Crippen LogP contribution in [-0.2, 0) is 49.6 Å². The van der Waals surface area contributed by atoms with Gasteiger partial charge in [-0.2, -0.15) is 0 Å². The predicted octanol–water partition coefficient (Wildman–Crippen LogP) is 4.76. The molecular formula is C55H91N5O14. The van der Waals surface area contributed by atoms with Crippen molar-refractivity contribution in [3.05, 3.63) is 29.8 Å². The van der Waals surface area contributed by atoms with Gasteiger partial charge < -0.3 is 52.1 Å². The standard InChI is InChI=1S/C55H91N5O14/c1-9-10-11-12-13-14-15-16-17-18-19-20-21-22-48(68)59-50(35(4)5)55(74)58-43(27-34(2)3)46(66)32-42(36(6)62)54(73)57-44(28-38-23-25-41(64)26-24-38)45(65)30-40(33-61)53(72)60-51(37(7)63)47(67)29-39(31-49(69)70)52(71)56-8/h23-26,34-37,39-40,42-44,50-51,61-64H,9-22,27-33H2,1-8H3,(H,56,71)(H,57,73)(H,58,74)(H,59,68)(H,60,72)(H,69,70)/t36-,37-,39+,40+,42+,43+,44+,50+,51+/m1/s1. The zero-order valence-corrected chi connectivity index (χ0v) is 45.4. The number of aliphatic hydroxyl groups is 3. The van der Waals surface area contributed by atoms with Crippen molar-refractivity contribution in [3.8, 4) is 5.75 Å². The highest BCUT2D eigenvalue weighted by atomic mass is 16.4. The molecule has 74 heavy (non-hydrogen) atoms. The maximum absolute atomic E-state index is 14.1. The summed E-state index contributed by atoms with van der Waals surface area (Å²) in [4.78, 5) is 120. The number of aliphatic carboxylic acids is 1. The largest absolute Gasteiger partial charge is 0.508 e. The summed E-state index contributed by atoms with van der Waals surface area (Å²) in [5.74, 6) is -12.1. The third kappa shape index (κ3) is 26.8. The highest BCUT2D eigenvalue weighted by Gasteiger charge is 2.37. The van der Waals surface area contributed by atoms with E-state index in [-0.39, 0.29) is 42.8 Å². The third-order valence-corrected chi connectivity index (χ3v) is 13.3. The molecule has 0 spiro atoms. The average molecular weight is 1050 g/mol. The normalized spacial score (nSPS) is 15.1. The van der Waals surface area contributed by atoms with Crippen LogP contribution in [0.5, 0.6) is 5.75 Å². The van der Waals surface area contributed by atoms with Crippen molar-refractivity contribution in [2.75, 3.05) is 13.7 Å². The second kappa shape index (κ2) is 36.6. The summed E-state index contributed by atoms with van der Waals surface area (Å²) in [5, 5.41) is 63.6. The Hall–Kier alpha value is -5.27. The van der Waals surface area contributed by atoms with Crippen molar-refractivity contribution in [1.29, 1.82) is 0 Å². The van der Waals surface area contributed by atoms with Crippen molar-refractivity contribution in [2.24, 2.45) is 29.6 Å². The zero-order valence-electron chi connectivity index (χ0n) is 45.4. The number of unbranched alkanes of at least 4 members (excludes halogenated alkanes) is 12. The van der Waals surface area contributed by atoms with Gasteiger partial charge in [0.25, 0.3) is 0 Å². The van der Waals surface area contributed by atoms with E-state index >= 15 is 0 Å². The SMILES string of the molecule is CCCCCCCCCCCCCCCC(=O)N[C@H](C(=O)N[C@@H](CC(C)C)C(=O)C[C@H](C(=O)N[C@@H](Cc1ccc(O)cc1)C(=O)C[C@@H](CO)C(=O)N[C@H](C(=O)C[C@@H](CC(=O)O)C(=O)NC)[C@@H](C)O)[C@@H](C)O)C(C)C. The molecule has 0 radical (unpaired) electrons. The lowest BCUT2D eigenvalue weighted by Crippen LogP contribution is -2.54. The number of benzene rings is 1. The highest BCUT2D eigenvalue weighted by Crippen LogP contribution is 2.21. The molecule has 1 rings (SSSR count). The number of phenolic OH excluding ortho intramolecular Hbond substituents is 1. The zero-order chi connectivity index (χ0) is 55.9. The summed E-state index contributed by atoms with van der Waals surface area (Å²) >= 11 is 0. The number of amides is 5. The topological polar surface area (TPSA) is 315 Å². The fourth-order valence-electron chi connectivity index (χ4n) is 8.73. The van der Waals surface area contributed by atoms with E-state index < -0.39 is 133 Å². The molecule has 0 fully saturated rings. The molecule has 0 aliphatic heterocycles. The molecule has 1 aromatic carbocycles. The number of aromatic hydroxyl groups is 1. The number of aliphatic hydroxyl groups excluding tert-OH is 3. The van der Waals surface area contributed by atoms with Gasteiger partial charge in [-0.05, 0) is 62.6 Å². The molecule has 0 unspecified atom stereocenters. The number of Topliss-reactive ketones (excluding diaryl/α,β-unsaturated/α-hetero) is 3. The number of carbonyl (C=O) groups is 9. The van der Waals surface area contributed by atoms with Crippen LogP contribution >= 0.6 is 0 Å². The molecule has 19 heteroatoms. The Morgan fingerprint density at radius 3 is 1.53 bits per heavy atom. The van der Waals surface area contributed by atoms with Gasteiger partial charge in [0.05, 0.1) is 55.1 Å². The number of phenols is 1. The first-order valence-electron chi connectivity index (χ1n) is 26.9. The van der Waals surface area contributed by atoms with E-state index in [2.05, 4.69) is 33.5 Å². The van der Waals surface area contributed by atoms with Crippen molar-refractivity contribution in [2.45, 2.75) is 213 Å². The summed E-state index contributed by atoms with van der Waals surface area (Å²) in [5.41, 5.74) is 0.443. The smallest absolute Gasteiger partial charge is 0.304 e. The molecule has 0 heterocycles. The Morgan fingerprint density at radius 2 is 1.05 bits per heavy atom. The summed E-state index contributed by atoms with van der Waals surface area (Å²) in [6.07, 6.45) is 9.70. The van der Waals surface area contributed by atoms with E-state index in [1.54, 1.807) is 13.8 Å². The molecule has 0 saturated heterocycles. The molecular weight excluding hydrogens is 955 g/mol. The summed E-state index contributed by atoms with van der Waals surface area (Å²) in [6.45, 7) is 11.0. The van der Waals surface area contributed by atoms with Gasteiger partial charge in [0, 0.05) is 32.7 Å². The first-order valence-corrected chi connectivity index (χ1v) is 26.9. The van der Waals surface area contributed by atoms with Gasteiger partial charge in [-0.3, -0.25) is 43.2 Å². The molecule has 0 aliphatic rings.